The molecule has 1 N–H and O–H groups in total. The first-order valence-corrected chi connectivity index (χ1v) is 12.3. The Balaban J connectivity index is 1.50. The Morgan fingerprint density at radius 2 is 2.06 bits per heavy atom. The van der Waals surface area contributed by atoms with Crippen molar-refractivity contribution in [3.05, 3.63) is 35.3 Å². The molecule has 2 atom stereocenters. The largest absolute Gasteiger partial charge is 0.435 e. The zero-order valence-corrected chi connectivity index (χ0v) is 20.1. The molecule has 2 aromatic rings. The maximum atomic E-state index is 14.9. The number of halogens is 3. The van der Waals surface area contributed by atoms with Gasteiger partial charge in [0.25, 0.3) is 0 Å². The smallest absolute Gasteiger partial charge is 0.387 e. The van der Waals surface area contributed by atoms with Gasteiger partial charge in [-0.25, -0.2) is 4.39 Å². The Kier molecular flexibility index (Phi) is 6.19. The van der Waals surface area contributed by atoms with E-state index in [2.05, 4.69) is 15.2 Å². The summed E-state index contributed by atoms with van der Waals surface area (Å²) in [5.74, 6) is -1.11. The van der Waals surface area contributed by atoms with E-state index in [9.17, 15) is 22.8 Å². The molecule has 0 radical (unpaired) electrons. The Labute approximate surface area is 206 Å². The standard InChI is InChI=1S/C25H26F3N3O3S/c1-25(11-15(35)12-25)29-23(33)13-5-7-16-20(9-13)31(19-3-2-4-21(19)32)30-22(16)17-10-14(34-24(27)28)6-8-18(17)26/h6,8,10,13,19,24H,2-5,7,9,11-12H2,1H3,(H,29,33)/t13-,19?/m1/s1. The van der Waals surface area contributed by atoms with Gasteiger partial charge >= 0.3 is 6.61 Å². The summed E-state index contributed by atoms with van der Waals surface area (Å²) in [6.45, 7) is -1.06. The molecular formula is C25H26F3N3O3S. The summed E-state index contributed by atoms with van der Waals surface area (Å²) in [6, 6.07) is 2.96. The second-order valence-corrected chi connectivity index (χ2v) is 10.6. The predicted octanol–water partition coefficient (Wildman–Crippen LogP) is 4.73. The summed E-state index contributed by atoms with van der Waals surface area (Å²) in [6.07, 6.45) is 4.53. The van der Waals surface area contributed by atoms with Crippen LogP contribution in [0.2, 0.25) is 0 Å². The summed E-state index contributed by atoms with van der Waals surface area (Å²) in [7, 11) is 0. The average molecular weight is 506 g/mol. The monoisotopic (exact) mass is 505 g/mol. The van der Waals surface area contributed by atoms with Gasteiger partial charge in [-0.1, -0.05) is 12.2 Å². The normalized spacial score (nSPS) is 23.2. The first kappa shape index (κ1) is 24.0. The Morgan fingerprint density at radius 1 is 1.29 bits per heavy atom. The first-order valence-electron chi connectivity index (χ1n) is 11.8. The van der Waals surface area contributed by atoms with Gasteiger partial charge in [0, 0.05) is 54.0 Å². The van der Waals surface area contributed by atoms with Crippen molar-refractivity contribution in [1.29, 1.82) is 0 Å². The number of ether oxygens (including phenoxy) is 1. The van der Waals surface area contributed by atoms with Crippen LogP contribution < -0.4 is 10.1 Å². The molecule has 35 heavy (non-hydrogen) atoms. The number of hydrogen-bond acceptors (Lipinski definition) is 5. The molecule has 0 bridgehead atoms. The maximum absolute atomic E-state index is 14.9. The van der Waals surface area contributed by atoms with Crippen LogP contribution in [0.25, 0.3) is 11.3 Å². The molecule has 3 aliphatic rings. The van der Waals surface area contributed by atoms with Crippen molar-refractivity contribution >= 4 is 28.8 Å². The molecule has 1 amide bonds. The van der Waals surface area contributed by atoms with Gasteiger partial charge in [0.15, 0.2) is 5.78 Å². The van der Waals surface area contributed by atoms with Crippen LogP contribution in [-0.2, 0) is 22.4 Å². The number of amides is 1. The minimum absolute atomic E-state index is 0.0435. The molecule has 0 saturated heterocycles. The van der Waals surface area contributed by atoms with Gasteiger partial charge in [-0.2, -0.15) is 13.9 Å². The number of alkyl halides is 2. The van der Waals surface area contributed by atoms with Crippen molar-refractivity contribution in [2.75, 3.05) is 0 Å². The van der Waals surface area contributed by atoms with Crippen LogP contribution in [-0.4, -0.2) is 38.5 Å². The third-order valence-corrected chi connectivity index (χ3v) is 7.55. The lowest BCUT2D eigenvalue weighted by molar-refractivity contribution is -0.127. The highest BCUT2D eigenvalue weighted by molar-refractivity contribution is 7.80. The number of rotatable bonds is 6. The van der Waals surface area contributed by atoms with Gasteiger partial charge in [0.2, 0.25) is 5.91 Å². The molecule has 0 aliphatic heterocycles. The third kappa shape index (κ3) is 4.60. The molecule has 2 saturated carbocycles. The number of fused-ring (bicyclic) bond motifs is 1. The zero-order valence-electron chi connectivity index (χ0n) is 19.3. The van der Waals surface area contributed by atoms with Gasteiger partial charge < -0.3 is 10.1 Å². The molecule has 5 rings (SSSR count). The highest BCUT2D eigenvalue weighted by Crippen LogP contribution is 2.40. The highest BCUT2D eigenvalue weighted by Gasteiger charge is 2.41. The number of aromatic nitrogens is 2. The van der Waals surface area contributed by atoms with Crippen molar-refractivity contribution < 1.29 is 27.5 Å². The second-order valence-electron chi connectivity index (χ2n) is 9.99. The average Bonchev–Trinajstić information content (AvgIpc) is 3.36. The Morgan fingerprint density at radius 3 is 2.71 bits per heavy atom. The van der Waals surface area contributed by atoms with Gasteiger partial charge in [-0.05, 0) is 55.7 Å². The van der Waals surface area contributed by atoms with Crippen molar-refractivity contribution in [1.82, 2.24) is 15.1 Å². The summed E-state index contributed by atoms with van der Waals surface area (Å²) < 4.78 is 46.5. The zero-order chi connectivity index (χ0) is 24.9. The van der Waals surface area contributed by atoms with Crippen molar-refractivity contribution in [3.63, 3.8) is 0 Å². The molecule has 10 heteroatoms. The predicted molar refractivity (Wildman–Crippen MR) is 126 cm³/mol. The fourth-order valence-corrected chi connectivity index (χ4v) is 6.20. The lowest BCUT2D eigenvalue weighted by atomic mass is 9.77. The Bertz CT molecular complexity index is 1200. The van der Waals surface area contributed by atoms with Crippen LogP contribution in [0.5, 0.6) is 5.75 Å². The number of ketones is 1. The van der Waals surface area contributed by atoms with E-state index in [1.54, 1.807) is 4.68 Å². The van der Waals surface area contributed by atoms with E-state index >= 15 is 0 Å². The molecule has 1 aromatic heterocycles. The maximum Gasteiger partial charge on any atom is 0.387 e. The van der Waals surface area contributed by atoms with Crippen molar-refractivity contribution in [3.8, 4) is 17.0 Å². The van der Waals surface area contributed by atoms with Gasteiger partial charge in [-0.3, -0.25) is 14.3 Å². The highest BCUT2D eigenvalue weighted by atomic mass is 32.1. The summed E-state index contributed by atoms with van der Waals surface area (Å²) in [4.78, 5) is 26.6. The van der Waals surface area contributed by atoms with Crippen molar-refractivity contribution in [2.24, 2.45) is 5.92 Å². The molecule has 1 unspecified atom stereocenters. The molecule has 3 aliphatic carbocycles. The van der Waals surface area contributed by atoms with E-state index in [1.165, 1.54) is 6.07 Å². The van der Waals surface area contributed by atoms with Crippen LogP contribution >= 0.6 is 12.2 Å². The number of Topliss-reactive ketones (excluding diaryl/α,β-unsaturated/α-hetero) is 1. The van der Waals surface area contributed by atoms with Crippen LogP contribution in [0.1, 0.15) is 62.7 Å². The van der Waals surface area contributed by atoms with Gasteiger partial charge in [0.1, 0.15) is 17.6 Å². The van der Waals surface area contributed by atoms with Crippen LogP contribution in [0, 0.1) is 11.7 Å². The minimum Gasteiger partial charge on any atom is -0.435 e. The topological polar surface area (TPSA) is 73.2 Å². The minimum atomic E-state index is -3.04. The summed E-state index contributed by atoms with van der Waals surface area (Å²) >= 11 is 5.20. The second kappa shape index (κ2) is 9.04. The van der Waals surface area contributed by atoms with E-state index in [0.717, 1.165) is 34.7 Å². The molecular weight excluding hydrogens is 479 g/mol. The number of carbonyl (C=O) groups is 2. The van der Waals surface area contributed by atoms with E-state index < -0.39 is 18.5 Å². The van der Waals surface area contributed by atoms with Crippen molar-refractivity contribution in [2.45, 2.75) is 76.5 Å². The fourth-order valence-electron chi connectivity index (χ4n) is 5.56. The summed E-state index contributed by atoms with van der Waals surface area (Å²) in [5.41, 5.74) is 1.52. The summed E-state index contributed by atoms with van der Waals surface area (Å²) in [5, 5.41) is 7.77. The number of nitrogens with zero attached hydrogens (tertiary/aromatic N) is 2. The molecule has 6 nitrogen and oxygen atoms in total. The van der Waals surface area contributed by atoms with E-state index in [4.69, 9.17) is 12.2 Å². The number of hydrogen-bond donors (Lipinski definition) is 1. The molecule has 0 spiro atoms. The number of thiocarbonyl (C=S) groups is 1. The lowest BCUT2D eigenvalue weighted by Gasteiger charge is -2.41. The fraction of sp³-hybridized carbons (Fsp3) is 0.520. The van der Waals surface area contributed by atoms with Crippen LogP contribution in [0.3, 0.4) is 0 Å². The first-order chi connectivity index (χ1) is 16.6. The number of benzene rings is 1. The lowest BCUT2D eigenvalue weighted by Crippen LogP contribution is -2.56. The Hall–Kier alpha value is -2.75. The van der Waals surface area contributed by atoms with Crippen LogP contribution in [0.15, 0.2) is 18.2 Å². The van der Waals surface area contributed by atoms with E-state index in [-0.39, 0.29) is 34.5 Å². The van der Waals surface area contributed by atoms with Crippen LogP contribution in [0.4, 0.5) is 13.2 Å². The molecule has 1 aromatic carbocycles. The molecule has 186 valence electrons. The van der Waals surface area contributed by atoms with Gasteiger partial charge in [0.05, 0.1) is 5.69 Å². The number of nitrogens with one attached hydrogen (secondary N) is 1. The van der Waals surface area contributed by atoms with E-state index in [1.807, 2.05) is 6.92 Å². The quantitative estimate of drug-likeness (QED) is 0.575. The third-order valence-electron chi connectivity index (χ3n) is 7.26. The van der Waals surface area contributed by atoms with Gasteiger partial charge in [-0.15, -0.1) is 0 Å². The molecule has 2 fully saturated rings. The number of carbonyl (C=O) groups excluding carboxylic acids is 2. The van der Waals surface area contributed by atoms with E-state index in [0.29, 0.717) is 50.6 Å². The SMILES string of the molecule is CC1(NC(=O)[C@@H]2CCc3c(-c4cc(OC(F)F)ccc4F)nn(C4CCCC4=O)c3C2)CC(=S)C1. The molecule has 1 heterocycles.